The lowest BCUT2D eigenvalue weighted by atomic mass is 10.0. The van der Waals surface area contributed by atoms with E-state index in [1.807, 2.05) is 32.9 Å². The Bertz CT molecular complexity index is 372. The van der Waals surface area contributed by atoms with Crippen molar-refractivity contribution in [1.82, 2.24) is 0 Å². The number of aliphatic hydroxyl groups excluding tert-OH is 1. The van der Waals surface area contributed by atoms with Gasteiger partial charge >= 0.3 is 0 Å². The normalized spacial score (nSPS) is 10.1. The number of aryl methyl sites for hydroxylation is 1. The summed E-state index contributed by atoms with van der Waals surface area (Å²) in [5.74, 6) is -0.149. The molecule has 0 heterocycles. The fraction of sp³-hybridized carbons (Fsp3) is 0.417. The van der Waals surface area contributed by atoms with Crippen LogP contribution in [-0.4, -0.2) is 17.6 Å². The van der Waals surface area contributed by atoms with E-state index in [1.54, 1.807) is 0 Å². The highest BCUT2D eigenvalue weighted by molar-refractivity contribution is 5.91. The van der Waals surface area contributed by atoms with E-state index in [9.17, 15) is 4.79 Å². The first-order valence-corrected chi connectivity index (χ1v) is 5.03. The van der Waals surface area contributed by atoms with Gasteiger partial charge in [-0.3, -0.25) is 4.79 Å². The third kappa shape index (κ3) is 2.80. The lowest BCUT2D eigenvalue weighted by Crippen LogP contribution is -2.14. The number of hydrogen-bond acceptors (Lipinski definition) is 2. The molecule has 0 spiro atoms. The summed E-state index contributed by atoms with van der Waals surface area (Å²) in [6.45, 7) is 5.95. The molecule has 0 bridgehead atoms. The number of aliphatic hydroxyl groups is 1. The number of hydrogen-bond donors (Lipinski definition) is 2. The fourth-order valence-electron chi connectivity index (χ4n) is 1.41. The summed E-state index contributed by atoms with van der Waals surface area (Å²) in [5, 5.41) is 11.4. The van der Waals surface area contributed by atoms with Crippen molar-refractivity contribution in [2.45, 2.75) is 27.2 Å². The van der Waals surface area contributed by atoms with Crippen LogP contribution in [0.15, 0.2) is 12.1 Å². The summed E-state index contributed by atoms with van der Waals surface area (Å²) < 4.78 is 0. The van der Waals surface area contributed by atoms with Crippen molar-refractivity contribution in [3.8, 4) is 0 Å². The van der Waals surface area contributed by atoms with Gasteiger partial charge in [-0.15, -0.1) is 0 Å². The molecule has 0 aliphatic carbocycles. The summed E-state index contributed by atoms with van der Waals surface area (Å²) >= 11 is 0. The first-order valence-electron chi connectivity index (χ1n) is 5.03. The second kappa shape index (κ2) is 4.94. The Balaban J connectivity index is 2.87. The highest BCUT2D eigenvalue weighted by Crippen LogP contribution is 2.21. The molecule has 1 rings (SSSR count). The molecule has 0 radical (unpaired) electrons. The summed E-state index contributed by atoms with van der Waals surface area (Å²) in [5.41, 5.74) is 4.32. The van der Waals surface area contributed by atoms with E-state index in [2.05, 4.69) is 5.32 Å². The predicted octanol–water partition coefficient (Wildman–Crippen LogP) is 1.93. The van der Waals surface area contributed by atoms with E-state index >= 15 is 0 Å². The quantitative estimate of drug-likeness (QED) is 0.795. The molecule has 1 amide bonds. The van der Waals surface area contributed by atoms with Gasteiger partial charge in [0.05, 0.1) is 13.0 Å². The SMILES string of the molecule is Cc1ccc(NC(=O)CCO)c(C)c1C. The Kier molecular flexibility index (Phi) is 3.86. The van der Waals surface area contributed by atoms with Crippen LogP contribution in [0.25, 0.3) is 0 Å². The van der Waals surface area contributed by atoms with Crippen molar-refractivity contribution < 1.29 is 9.90 Å². The van der Waals surface area contributed by atoms with Crippen LogP contribution < -0.4 is 5.32 Å². The van der Waals surface area contributed by atoms with Crippen molar-refractivity contribution >= 4 is 11.6 Å². The summed E-state index contributed by atoms with van der Waals surface area (Å²) in [7, 11) is 0. The van der Waals surface area contributed by atoms with E-state index < -0.39 is 0 Å². The van der Waals surface area contributed by atoms with Gasteiger partial charge in [-0.25, -0.2) is 0 Å². The number of rotatable bonds is 3. The van der Waals surface area contributed by atoms with Crippen molar-refractivity contribution in [2.75, 3.05) is 11.9 Å². The van der Waals surface area contributed by atoms with Crippen LogP contribution in [0.5, 0.6) is 0 Å². The number of amides is 1. The molecule has 3 nitrogen and oxygen atoms in total. The lowest BCUT2D eigenvalue weighted by molar-refractivity contribution is -0.116. The van der Waals surface area contributed by atoms with Gasteiger partial charge in [0.25, 0.3) is 0 Å². The zero-order valence-electron chi connectivity index (χ0n) is 9.42. The molecule has 0 aliphatic heterocycles. The minimum atomic E-state index is -0.149. The molecule has 82 valence electrons. The Hall–Kier alpha value is -1.35. The van der Waals surface area contributed by atoms with E-state index in [-0.39, 0.29) is 18.9 Å². The highest BCUT2D eigenvalue weighted by Gasteiger charge is 2.06. The number of carbonyl (C=O) groups excluding carboxylic acids is 1. The van der Waals surface area contributed by atoms with E-state index in [1.165, 1.54) is 11.1 Å². The molecule has 15 heavy (non-hydrogen) atoms. The smallest absolute Gasteiger partial charge is 0.226 e. The highest BCUT2D eigenvalue weighted by atomic mass is 16.3. The molecular weight excluding hydrogens is 190 g/mol. The van der Waals surface area contributed by atoms with Crippen LogP contribution in [0.4, 0.5) is 5.69 Å². The topological polar surface area (TPSA) is 49.3 Å². The number of nitrogens with one attached hydrogen (secondary N) is 1. The Morgan fingerprint density at radius 1 is 1.27 bits per heavy atom. The van der Waals surface area contributed by atoms with Gasteiger partial charge in [0.1, 0.15) is 0 Å². The molecule has 0 saturated heterocycles. The number of anilines is 1. The monoisotopic (exact) mass is 207 g/mol. The molecule has 0 aliphatic rings. The van der Waals surface area contributed by atoms with Crippen molar-refractivity contribution in [3.05, 3.63) is 28.8 Å². The van der Waals surface area contributed by atoms with E-state index in [4.69, 9.17) is 5.11 Å². The van der Waals surface area contributed by atoms with Gasteiger partial charge in [0.15, 0.2) is 0 Å². The third-order valence-corrected chi connectivity index (χ3v) is 2.67. The number of carbonyl (C=O) groups is 1. The van der Waals surface area contributed by atoms with Crippen molar-refractivity contribution in [1.29, 1.82) is 0 Å². The van der Waals surface area contributed by atoms with Crippen LogP contribution >= 0.6 is 0 Å². The minimum Gasteiger partial charge on any atom is -0.396 e. The average molecular weight is 207 g/mol. The minimum absolute atomic E-state index is 0.115. The first-order chi connectivity index (χ1) is 7.06. The Labute approximate surface area is 90.1 Å². The maximum atomic E-state index is 11.3. The molecule has 0 saturated carbocycles. The van der Waals surface area contributed by atoms with Crippen LogP contribution in [0.1, 0.15) is 23.1 Å². The van der Waals surface area contributed by atoms with Gasteiger partial charge < -0.3 is 10.4 Å². The zero-order valence-corrected chi connectivity index (χ0v) is 9.42. The van der Waals surface area contributed by atoms with Crippen molar-refractivity contribution in [2.24, 2.45) is 0 Å². The Morgan fingerprint density at radius 2 is 1.93 bits per heavy atom. The van der Waals surface area contributed by atoms with Crippen LogP contribution in [0.3, 0.4) is 0 Å². The maximum absolute atomic E-state index is 11.3. The van der Waals surface area contributed by atoms with Gasteiger partial charge in [-0.1, -0.05) is 6.07 Å². The third-order valence-electron chi connectivity index (χ3n) is 2.67. The molecule has 1 aromatic carbocycles. The molecular formula is C12H17NO2. The molecule has 3 heteroatoms. The van der Waals surface area contributed by atoms with Crippen LogP contribution in [0, 0.1) is 20.8 Å². The van der Waals surface area contributed by atoms with E-state index in [0.717, 1.165) is 11.3 Å². The molecule has 0 unspecified atom stereocenters. The molecule has 0 fully saturated rings. The summed E-state index contributed by atoms with van der Waals surface area (Å²) in [4.78, 5) is 11.3. The molecule has 0 atom stereocenters. The Morgan fingerprint density at radius 3 is 2.53 bits per heavy atom. The molecule has 0 aromatic heterocycles. The molecule has 1 aromatic rings. The van der Waals surface area contributed by atoms with Gasteiger partial charge in [-0.2, -0.15) is 0 Å². The average Bonchev–Trinajstić information content (AvgIpc) is 2.20. The zero-order chi connectivity index (χ0) is 11.4. The van der Waals surface area contributed by atoms with Crippen LogP contribution in [-0.2, 0) is 4.79 Å². The van der Waals surface area contributed by atoms with Crippen LogP contribution in [0.2, 0.25) is 0 Å². The molecule has 2 N–H and O–H groups in total. The summed E-state index contributed by atoms with van der Waals surface area (Å²) in [6, 6.07) is 3.88. The second-order valence-electron chi connectivity index (χ2n) is 3.70. The maximum Gasteiger partial charge on any atom is 0.226 e. The van der Waals surface area contributed by atoms with Crippen molar-refractivity contribution in [3.63, 3.8) is 0 Å². The standard InChI is InChI=1S/C12H17NO2/c1-8-4-5-11(10(3)9(8)2)13-12(15)6-7-14/h4-5,14H,6-7H2,1-3H3,(H,13,15). The van der Waals surface area contributed by atoms with Gasteiger partial charge in [0, 0.05) is 5.69 Å². The number of benzene rings is 1. The second-order valence-corrected chi connectivity index (χ2v) is 3.70. The predicted molar refractivity (Wildman–Crippen MR) is 61.0 cm³/mol. The summed E-state index contributed by atoms with van der Waals surface area (Å²) in [6.07, 6.45) is 0.145. The lowest BCUT2D eigenvalue weighted by Gasteiger charge is -2.11. The fourth-order valence-corrected chi connectivity index (χ4v) is 1.41. The van der Waals surface area contributed by atoms with E-state index in [0.29, 0.717) is 0 Å². The van der Waals surface area contributed by atoms with Gasteiger partial charge in [0.2, 0.25) is 5.91 Å². The first kappa shape index (κ1) is 11.7. The van der Waals surface area contributed by atoms with Gasteiger partial charge in [-0.05, 0) is 43.5 Å². The largest absolute Gasteiger partial charge is 0.396 e.